The van der Waals surface area contributed by atoms with Crippen LogP contribution in [0.1, 0.15) is 24.0 Å². The highest BCUT2D eigenvalue weighted by Crippen LogP contribution is 2.32. The molecule has 2 nitrogen and oxygen atoms in total. The Kier molecular flexibility index (Phi) is 4.09. The first-order chi connectivity index (χ1) is 7.80. The number of carbonyl (C=O) groups excluding carboxylic acids is 1. The van der Waals surface area contributed by atoms with Crippen molar-refractivity contribution in [1.29, 1.82) is 0 Å². The zero-order valence-corrected chi connectivity index (χ0v) is 8.72. The molecule has 1 aromatic rings. The maximum Gasteiger partial charge on any atom is 0.419 e. The molecule has 1 radical (unpaired) electrons. The monoisotopic (exact) mass is 248 g/mol. The standard InChI is InChI=1S/C11H10F4NO/c12-9-5-4-7(2-1-3-10(16)17)6-8(9)11(13,14)15/h2,4-6H,1,3H2,(H2,16,17). The van der Waals surface area contributed by atoms with Crippen LogP contribution in [0.5, 0.6) is 0 Å². The average Bonchev–Trinajstić information content (AvgIpc) is 2.18. The third kappa shape index (κ3) is 4.05. The number of benzene rings is 1. The maximum atomic E-state index is 12.9. The number of halogens is 4. The van der Waals surface area contributed by atoms with Crippen molar-refractivity contribution in [2.75, 3.05) is 0 Å². The molecule has 0 saturated carbocycles. The van der Waals surface area contributed by atoms with E-state index in [1.807, 2.05) is 0 Å². The van der Waals surface area contributed by atoms with Crippen LogP contribution in [-0.4, -0.2) is 5.91 Å². The Balaban J connectivity index is 2.79. The first kappa shape index (κ1) is 13.5. The second-order valence-electron chi connectivity index (χ2n) is 3.45. The van der Waals surface area contributed by atoms with Crippen LogP contribution in [0.15, 0.2) is 18.2 Å². The van der Waals surface area contributed by atoms with Crippen molar-refractivity contribution in [3.05, 3.63) is 41.6 Å². The fraction of sp³-hybridized carbons (Fsp3) is 0.273. The van der Waals surface area contributed by atoms with Gasteiger partial charge in [-0.15, -0.1) is 0 Å². The normalized spacial score (nSPS) is 11.5. The zero-order chi connectivity index (χ0) is 13.1. The maximum absolute atomic E-state index is 12.9. The molecular formula is C11H10F4NO. The minimum atomic E-state index is -4.72. The van der Waals surface area contributed by atoms with E-state index in [0.29, 0.717) is 6.07 Å². The molecule has 93 valence electrons. The zero-order valence-electron chi connectivity index (χ0n) is 8.72. The van der Waals surface area contributed by atoms with Gasteiger partial charge in [-0.3, -0.25) is 4.79 Å². The lowest BCUT2D eigenvalue weighted by atomic mass is 10.0. The Morgan fingerprint density at radius 1 is 1.35 bits per heavy atom. The lowest BCUT2D eigenvalue weighted by molar-refractivity contribution is -0.140. The lowest BCUT2D eigenvalue weighted by Gasteiger charge is -2.09. The largest absolute Gasteiger partial charge is 0.419 e. The van der Waals surface area contributed by atoms with Crippen LogP contribution in [0.3, 0.4) is 0 Å². The molecule has 0 spiro atoms. The van der Waals surface area contributed by atoms with Gasteiger partial charge >= 0.3 is 6.18 Å². The summed E-state index contributed by atoms with van der Waals surface area (Å²) in [4.78, 5) is 10.4. The van der Waals surface area contributed by atoms with Gasteiger partial charge in [0, 0.05) is 6.42 Å². The Morgan fingerprint density at radius 2 is 2.00 bits per heavy atom. The summed E-state index contributed by atoms with van der Waals surface area (Å²) in [5.41, 5.74) is 3.77. The summed E-state index contributed by atoms with van der Waals surface area (Å²) < 4.78 is 50.0. The second-order valence-corrected chi connectivity index (χ2v) is 3.45. The molecule has 0 aliphatic heterocycles. The van der Waals surface area contributed by atoms with Crippen molar-refractivity contribution < 1.29 is 22.4 Å². The number of hydrogen-bond acceptors (Lipinski definition) is 1. The van der Waals surface area contributed by atoms with Crippen LogP contribution < -0.4 is 5.73 Å². The van der Waals surface area contributed by atoms with Gasteiger partial charge in [0.1, 0.15) is 5.82 Å². The number of primary amides is 1. The smallest absolute Gasteiger partial charge is 0.370 e. The van der Waals surface area contributed by atoms with E-state index in [-0.39, 0.29) is 18.4 Å². The molecule has 1 amide bonds. The van der Waals surface area contributed by atoms with Crippen molar-refractivity contribution >= 4 is 5.91 Å². The number of amides is 1. The SMILES string of the molecule is NC(=O)CC[CH]c1ccc(F)c(C(F)(F)F)c1. The van der Waals surface area contributed by atoms with Crippen molar-refractivity contribution in [1.82, 2.24) is 0 Å². The molecule has 0 unspecified atom stereocenters. The predicted molar refractivity (Wildman–Crippen MR) is 53.2 cm³/mol. The molecule has 1 aromatic carbocycles. The number of nitrogens with two attached hydrogens (primary N) is 1. The molecule has 0 fully saturated rings. The highest BCUT2D eigenvalue weighted by atomic mass is 19.4. The van der Waals surface area contributed by atoms with Crippen LogP contribution >= 0.6 is 0 Å². The van der Waals surface area contributed by atoms with Gasteiger partial charge in [0.15, 0.2) is 0 Å². The number of carbonyl (C=O) groups is 1. The van der Waals surface area contributed by atoms with E-state index in [0.717, 1.165) is 6.07 Å². The van der Waals surface area contributed by atoms with Gasteiger partial charge in [0.2, 0.25) is 5.91 Å². The van der Waals surface area contributed by atoms with E-state index in [2.05, 4.69) is 0 Å². The topological polar surface area (TPSA) is 43.1 Å². The van der Waals surface area contributed by atoms with Gasteiger partial charge in [-0.05, 0) is 30.5 Å². The molecule has 2 N–H and O–H groups in total. The number of alkyl halides is 3. The lowest BCUT2D eigenvalue weighted by Crippen LogP contribution is -2.10. The van der Waals surface area contributed by atoms with Gasteiger partial charge < -0.3 is 5.73 Å². The van der Waals surface area contributed by atoms with Crippen LogP contribution in [0.2, 0.25) is 0 Å². The van der Waals surface area contributed by atoms with Gasteiger partial charge in [-0.25, -0.2) is 4.39 Å². The Labute approximate surface area is 95.4 Å². The van der Waals surface area contributed by atoms with E-state index in [1.54, 1.807) is 0 Å². The van der Waals surface area contributed by atoms with Crippen LogP contribution in [0.4, 0.5) is 17.6 Å². The molecule has 0 bridgehead atoms. The summed E-state index contributed by atoms with van der Waals surface area (Å²) in [5.74, 6) is -1.86. The first-order valence-electron chi connectivity index (χ1n) is 4.79. The van der Waals surface area contributed by atoms with E-state index in [1.165, 1.54) is 12.5 Å². The van der Waals surface area contributed by atoms with E-state index in [9.17, 15) is 22.4 Å². The average molecular weight is 248 g/mol. The van der Waals surface area contributed by atoms with Crippen molar-refractivity contribution in [3.8, 4) is 0 Å². The fourth-order valence-corrected chi connectivity index (χ4v) is 1.27. The summed E-state index contributed by atoms with van der Waals surface area (Å²) in [5, 5.41) is 0. The number of hydrogen-bond donors (Lipinski definition) is 1. The second kappa shape index (κ2) is 5.16. The summed E-state index contributed by atoms with van der Waals surface area (Å²) in [6.07, 6.45) is -3.06. The van der Waals surface area contributed by atoms with Crippen LogP contribution in [0.25, 0.3) is 0 Å². The Hall–Kier alpha value is -1.59. The third-order valence-electron chi connectivity index (χ3n) is 2.07. The molecule has 0 aromatic heterocycles. The van der Waals surface area contributed by atoms with Gasteiger partial charge in [-0.2, -0.15) is 13.2 Å². The Morgan fingerprint density at radius 3 is 2.53 bits per heavy atom. The minimum absolute atomic E-state index is 0.0404. The van der Waals surface area contributed by atoms with Crippen molar-refractivity contribution in [2.24, 2.45) is 5.73 Å². The van der Waals surface area contributed by atoms with Gasteiger partial charge in [0.05, 0.1) is 5.56 Å². The van der Waals surface area contributed by atoms with Crippen LogP contribution in [0, 0.1) is 12.2 Å². The highest BCUT2D eigenvalue weighted by molar-refractivity contribution is 5.73. The summed E-state index contributed by atoms with van der Waals surface area (Å²) in [6, 6.07) is 2.67. The molecule has 0 aliphatic carbocycles. The first-order valence-corrected chi connectivity index (χ1v) is 4.79. The molecular weight excluding hydrogens is 238 g/mol. The summed E-state index contributed by atoms with van der Waals surface area (Å²) in [6.45, 7) is 0. The van der Waals surface area contributed by atoms with Crippen molar-refractivity contribution in [2.45, 2.75) is 19.0 Å². The van der Waals surface area contributed by atoms with E-state index >= 15 is 0 Å². The van der Waals surface area contributed by atoms with Gasteiger partial charge in [-0.1, -0.05) is 6.07 Å². The quantitative estimate of drug-likeness (QED) is 0.818. The van der Waals surface area contributed by atoms with Crippen LogP contribution in [-0.2, 0) is 11.0 Å². The molecule has 0 saturated heterocycles. The molecule has 17 heavy (non-hydrogen) atoms. The molecule has 0 atom stereocenters. The van der Waals surface area contributed by atoms with E-state index < -0.39 is 23.5 Å². The number of rotatable bonds is 4. The summed E-state index contributed by atoms with van der Waals surface area (Å²) in [7, 11) is 0. The minimum Gasteiger partial charge on any atom is -0.370 e. The predicted octanol–water partition coefficient (Wildman–Crippen LogP) is 2.66. The highest BCUT2D eigenvalue weighted by Gasteiger charge is 2.34. The van der Waals surface area contributed by atoms with Gasteiger partial charge in [0.25, 0.3) is 0 Å². The Bertz CT molecular complexity index is 414. The molecule has 0 heterocycles. The fourth-order valence-electron chi connectivity index (χ4n) is 1.27. The molecule has 6 heteroatoms. The summed E-state index contributed by atoms with van der Waals surface area (Å²) >= 11 is 0. The van der Waals surface area contributed by atoms with E-state index in [4.69, 9.17) is 5.73 Å². The van der Waals surface area contributed by atoms with Crippen molar-refractivity contribution in [3.63, 3.8) is 0 Å². The third-order valence-corrected chi connectivity index (χ3v) is 2.07. The molecule has 0 aliphatic rings. The molecule has 1 rings (SSSR count).